The third kappa shape index (κ3) is 3.63. The van der Waals surface area contributed by atoms with Crippen LogP contribution in [-0.4, -0.2) is 28.8 Å². The van der Waals surface area contributed by atoms with Gasteiger partial charge in [0, 0.05) is 37.8 Å². The molecule has 7 nitrogen and oxygen atoms in total. The molecule has 2 aliphatic rings. The molecule has 0 unspecified atom stereocenters. The lowest BCUT2D eigenvalue weighted by atomic mass is 9.94. The lowest BCUT2D eigenvalue weighted by Crippen LogP contribution is -2.40. The van der Waals surface area contributed by atoms with Gasteiger partial charge in [-0.25, -0.2) is 4.79 Å². The topological polar surface area (TPSA) is 78.8 Å². The number of fused-ring (bicyclic) bond motifs is 1. The van der Waals surface area contributed by atoms with E-state index in [2.05, 4.69) is 5.32 Å². The van der Waals surface area contributed by atoms with Gasteiger partial charge in [-0.2, -0.15) is 0 Å². The van der Waals surface area contributed by atoms with Crippen LogP contribution in [0.2, 0.25) is 0 Å². The minimum Gasteiger partial charge on any atom is -0.451 e. The molecule has 1 aromatic heterocycles. The summed E-state index contributed by atoms with van der Waals surface area (Å²) in [6, 6.07) is 8.67. The fraction of sp³-hybridized carbons (Fsp3) is 0.400. The molecular weight excluding hydrogens is 348 g/mol. The summed E-state index contributed by atoms with van der Waals surface area (Å²) in [5.74, 6) is -0.166. The Kier molecular flexibility index (Phi) is 4.51. The van der Waals surface area contributed by atoms with E-state index in [0.29, 0.717) is 22.9 Å². The molecule has 1 aliphatic heterocycles. The Hall–Kier alpha value is -2.96. The maximum Gasteiger partial charge on any atom is 0.355 e. The third-order valence-corrected chi connectivity index (χ3v) is 4.92. The number of anilines is 1. The number of benzene rings is 1. The lowest BCUT2D eigenvalue weighted by Gasteiger charge is -2.31. The summed E-state index contributed by atoms with van der Waals surface area (Å²) in [7, 11) is 1.74. The van der Waals surface area contributed by atoms with Crippen LogP contribution < -0.4 is 14.8 Å². The monoisotopic (exact) mass is 370 g/mol. The summed E-state index contributed by atoms with van der Waals surface area (Å²) in [5, 5.41) is 2.72. The van der Waals surface area contributed by atoms with Crippen LogP contribution in [0.1, 0.15) is 42.6 Å². The molecule has 1 fully saturated rings. The first-order chi connectivity index (χ1) is 13.0. The first kappa shape index (κ1) is 17.5. The van der Waals surface area contributed by atoms with Crippen LogP contribution >= 0.6 is 0 Å². The van der Waals surface area contributed by atoms with Crippen LogP contribution in [-0.2, 0) is 16.6 Å². The van der Waals surface area contributed by atoms with Gasteiger partial charge in [-0.05, 0) is 37.1 Å². The van der Waals surface area contributed by atoms with E-state index in [0.717, 1.165) is 25.7 Å². The Bertz CT molecular complexity index is 867. The van der Waals surface area contributed by atoms with E-state index in [1.54, 1.807) is 48.1 Å². The molecule has 2 heterocycles. The quantitative estimate of drug-likeness (QED) is 0.836. The Balaban J connectivity index is 1.34. The van der Waals surface area contributed by atoms with Crippen molar-refractivity contribution in [3.8, 4) is 11.5 Å². The normalized spacial score (nSPS) is 16.9. The molecule has 0 radical (unpaired) electrons. The highest BCUT2D eigenvalue weighted by Crippen LogP contribution is 2.46. The van der Waals surface area contributed by atoms with Crippen LogP contribution in [0.3, 0.4) is 0 Å². The fourth-order valence-electron chi connectivity index (χ4n) is 3.54. The first-order valence-electron chi connectivity index (χ1n) is 9.15. The largest absolute Gasteiger partial charge is 0.451 e. The number of ether oxygens (including phenoxy) is 3. The molecular formula is C20H22N2O5. The molecule has 2 aromatic rings. The van der Waals surface area contributed by atoms with Crippen molar-refractivity contribution >= 4 is 17.6 Å². The number of carbonyl (C=O) groups excluding carboxylic acids is 2. The van der Waals surface area contributed by atoms with Gasteiger partial charge < -0.3 is 24.1 Å². The van der Waals surface area contributed by atoms with Crippen molar-refractivity contribution < 1.29 is 23.8 Å². The standard InChI is InChI=1S/C20H22N2O5/c1-22-11-5-6-15(22)19(24)25-13-18(23)21-14-7-8-16-17(12-14)27-20(26-16)9-3-2-4-10-20/h5-8,11-12H,2-4,9-10,13H2,1H3,(H,21,23). The van der Waals surface area contributed by atoms with Crippen LogP contribution in [0.5, 0.6) is 11.5 Å². The highest BCUT2D eigenvalue weighted by molar-refractivity contribution is 5.95. The predicted octanol–water partition coefficient (Wildman–Crippen LogP) is 3.25. The van der Waals surface area contributed by atoms with E-state index < -0.39 is 17.7 Å². The van der Waals surface area contributed by atoms with Crippen LogP contribution in [0.25, 0.3) is 0 Å². The Morgan fingerprint density at radius 2 is 1.93 bits per heavy atom. The van der Waals surface area contributed by atoms with Gasteiger partial charge in [0.1, 0.15) is 5.69 Å². The molecule has 1 saturated carbocycles. The maximum absolute atomic E-state index is 12.1. The SMILES string of the molecule is Cn1cccc1C(=O)OCC(=O)Nc1ccc2c(c1)OC1(CCCCC1)O2. The zero-order valence-electron chi connectivity index (χ0n) is 15.2. The van der Waals surface area contributed by atoms with Crippen LogP contribution in [0, 0.1) is 0 Å². The van der Waals surface area contributed by atoms with E-state index in [1.807, 2.05) is 0 Å². The molecule has 7 heteroatoms. The molecule has 1 amide bonds. The zero-order chi connectivity index (χ0) is 18.9. The molecule has 1 N–H and O–H groups in total. The summed E-state index contributed by atoms with van der Waals surface area (Å²) in [5.41, 5.74) is 0.966. The predicted molar refractivity (Wildman–Crippen MR) is 97.8 cm³/mol. The minimum atomic E-state index is -0.548. The van der Waals surface area contributed by atoms with Crippen LogP contribution in [0.15, 0.2) is 36.5 Å². The number of carbonyl (C=O) groups is 2. The summed E-state index contributed by atoms with van der Waals surface area (Å²) >= 11 is 0. The second-order valence-electron chi connectivity index (χ2n) is 6.97. The Morgan fingerprint density at radius 1 is 1.15 bits per heavy atom. The number of esters is 1. The van der Waals surface area contributed by atoms with Gasteiger partial charge in [-0.1, -0.05) is 6.42 Å². The fourth-order valence-corrected chi connectivity index (χ4v) is 3.54. The first-order valence-corrected chi connectivity index (χ1v) is 9.15. The van der Waals surface area contributed by atoms with E-state index in [4.69, 9.17) is 14.2 Å². The van der Waals surface area contributed by atoms with Crippen molar-refractivity contribution in [3.63, 3.8) is 0 Å². The highest BCUT2D eigenvalue weighted by Gasteiger charge is 2.42. The number of hydrogen-bond donors (Lipinski definition) is 1. The molecule has 142 valence electrons. The van der Waals surface area contributed by atoms with Crippen molar-refractivity contribution in [2.75, 3.05) is 11.9 Å². The number of aryl methyl sites for hydroxylation is 1. The van der Waals surface area contributed by atoms with Crippen molar-refractivity contribution in [3.05, 3.63) is 42.2 Å². The number of aromatic nitrogens is 1. The van der Waals surface area contributed by atoms with E-state index in [1.165, 1.54) is 6.42 Å². The molecule has 0 saturated heterocycles. The summed E-state index contributed by atoms with van der Waals surface area (Å²) in [6.45, 7) is -0.359. The molecule has 0 bridgehead atoms. The number of amides is 1. The second kappa shape index (κ2) is 6.98. The molecule has 1 spiro atoms. The van der Waals surface area contributed by atoms with Crippen LogP contribution in [0.4, 0.5) is 5.69 Å². The average Bonchev–Trinajstić information content (AvgIpc) is 3.23. The zero-order valence-corrected chi connectivity index (χ0v) is 15.2. The number of hydrogen-bond acceptors (Lipinski definition) is 5. The van der Waals surface area contributed by atoms with Crippen molar-refractivity contribution in [2.45, 2.75) is 37.9 Å². The van der Waals surface area contributed by atoms with Crippen molar-refractivity contribution in [1.29, 1.82) is 0 Å². The smallest absolute Gasteiger partial charge is 0.355 e. The Morgan fingerprint density at radius 3 is 2.67 bits per heavy atom. The molecule has 4 rings (SSSR count). The van der Waals surface area contributed by atoms with Gasteiger partial charge in [-0.15, -0.1) is 0 Å². The minimum absolute atomic E-state index is 0.359. The number of rotatable bonds is 4. The molecule has 0 atom stereocenters. The number of nitrogens with one attached hydrogen (secondary N) is 1. The van der Waals surface area contributed by atoms with E-state index in [9.17, 15) is 9.59 Å². The highest BCUT2D eigenvalue weighted by atomic mass is 16.7. The van der Waals surface area contributed by atoms with Gasteiger partial charge in [-0.3, -0.25) is 4.79 Å². The summed E-state index contributed by atoms with van der Waals surface area (Å²) in [4.78, 5) is 24.0. The van der Waals surface area contributed by atoms with Gasteiger partial charge in [0.25, 0.3) is 11.7 Å². The molecule has 27 heavy (non-hydrogen) atoms. The van der Waals surface area contributed by atoms with Gasteiger partial charge in [0.2, 0.25) is 0 Å². The van der Waals surface area contributed by atoms with E-state index in [-0.39, 0.29) is 6.61 Å². The summed E-state index contributed by atoms with van der Waals surface area (Å²) in [6.07, 6.45) is 6.86. The number of nitrogens with zero attached hydrogens (tertiary/aromatic N) is 1. The summed E-state index contributed by atoms with van der Waals surface area (Å²) < 4.78 is 18.8. The lowest BCUT2D eigenvalue weighted by molar-refractivity contribution is -0.119. The van der Waals surface area contributed by atoms with Gasteiger partial charge in [0.05, 0.1) is 0 Å². The average molecular weight is 370 g/mol. The maximum atomic E-state index is 12.1. The van der Waals surface area contributed by atoms with Gasteiger partial charge >= 0.3 is 5.97 Å². The van der Waals surface area contributed by atoms with Gasteiger partial charge in [0.15, 0.2) is 18.1 Å². The molecule has 1 aliphatic carbocycles. The van der Waals surface area contributed by atoms with E-state index >= 15 is 0 Å². The van der Waals surface area contributed by atoms with Crippen molar-refractivity contribution in [2.24, 2.45) is 7.05 Å². The third-order valence-electron chi connectivity index (χ3n) is 4.92. The molecule has 1 aromatic carbocycles. The van der Waals surface area contributed by atoms with Crippen molar-refractivity contribution in [1.82, 2.24) is 4.57 Å². The second-order valence-corrected chi connectivity index (χ2v) is 6.97. The Labute approximate surface area is 157 Å².